The highest BCUT2D eigenvalue weighted by atomic mass is 16.2. The summed E-state index contributed by atoms with van der Waals surface area (Å²) in [6, 6.07) is 2.12. The van der Waals surface area contributed by atoms with Gasteiger partial charge >= 0.3 is 0 Å². The number of hydrogen-bond donors (Lipinski definition) is 1. The summed E-state index contributed by atoms with van der Waals surface area (Å²) in [4.78, 5) is 14.0. The first-order valence-corrected chi connectivity index (χ1v) is 5.87. The fourth-order valence-corrected chi connectivity index (χ4v) is 2.18. The molecule has 0 spiro atoms. The smallest absolute Gasteiger partial charge is 0.257 e. The Bertz CT molecular complexity index is 389. The molecule has 2 rings (SSSR count). The number of carbonyl (C=O) groups is 1. The molecule has 4 nitrogen and oxygen atoms in total. The molecule has 2 heterocycles. The maximum atomic E-state index is 12.1. The summed E-state index contributed by atoms with van der Waals surface area (Å²) in [5.41, 5.74) is 6.64. The third kappa shape index (κ3) is 1.79. The van der Waals surface area contributed by atoms with Gasteiger partial charge in [0, 0.05) is 25.3 Å². The van der Waals surface area contributed by atoms with Gasteiger partial charge in [-0.2, -0.15) is 0 Å². The Morgan fingerprint density at radius 3 is 2.50 bits per heavy atom. The van der Waals surface area contributed by atoms with Gasteiger partial charge in [0.05, 0.1) is 5.56 Å². The standard InChI is InChI=1S/C12H19N3O/c1-9(2)15-8-5-10(11(15)13)12(16)14-6-3-4-7-14/h5,8-9H,3-4,6-7,13H2,1-2H3. The van der Waals surface area contributed by atoms with Crippen LogP contribution in [0.2, 0.25) is 0 Å². The third-order valence-corrected chi connectivity index (χ3v) is 3.14. The summed E-state index contributed by atoms with van der Waals surface area (Å²) in [5, 5.41) is 0. The van der Waals surface area contributed by atoms with E-state index in [4.69, 9.17) is 5.73 Å². The van der Waals surface area contributed by atoms with E-state index in [1.54, 1.807) is 0 Å². The Balaban J connectivity index is 2.23. The van der Waals surface area contributed by atoms with Crippen molar-refractivity contribution < 1.29 is 4.79 Å². The molecule has 1 saturated heterocycles. The van der Waals surface area contributed by atoms with Gasteiger partial charge in [-0.15, -0.1) is 0 Å². The maximum absolute atomic E-state index is 12.1. The third-order valence-electron chi connectivity index (χ3n) is 3.14. The highest BCUT2D eigenvalue weighted by Crippen LogP contribution is 2.22. The minimum absolute atomic E-state index is 0.0781. The molecule has 0 aliphatic carbocycles. The lowest BCUT2D eigenvalue weighted by Gasteiger charge is -2.16. The van der Waals surface area contributed by atoms with E-state index in [-0.39, 0.29) is 5.91 Å². The molecule has 1 aliphatic heterocycles. The molecular weight excluding hydrogens is 202 g/mol. The van der Waals surface area contributed by atoms with Crippen molar-refractivity contribution >= 4 is 11.7 Å². The first-order chi connectivity index (χ1) is 7.61. The number of carbonyl (C=O) groups excluding carboxylic acids is 1. The predicted octanol–water partition coefficient (Wildman–Crippen LogP) is 1.89. The zero-order valence-electron chi connectivity index (χ0n) is 9.94. The SMILES string of the molecule is CC(C)n1ccc(C(=O)N2CCCC2)c1N. The molecule has 1 aliphatic rings. The number of nitrogens with two attached hydrogens (primary N) is 1. The minimum Gasteiger partial charge on any atom is -0.384 e. The predicted molar refractivity (Wildman–Crippen MR) is 64.4 cm³/mol. The monoisotopic (exact) mass is 221 g/mol. The van der Waals surface area contributed by atoms with E-state index < -0.39 is 0 Å². The number of nitrogens with zero attached hydrogens (tertiary/aromatic N) is 2. The van der Waals surface area contributed by atoms with Crippen LogP contribution in [0.3, 0.4) is 0 Å². The quantitative estimate of drug-likeness (QED) is 0.829. The van der Waals surface area contributed by atoms with Crippen molar-refractivity contribution in [2.45, 2.75) is 32.7 Å². The number of aromatic nitrogens is 1. The number of amides is 1. The first-order valence-electron chi connectivity index (χ1n) is 5.87. The molecule has 0 atom stereocenters. The highest BCUT2D eigenvalue weighted by Gasteiger charge is 2.23. The highest BCUT2D eigenvalue weighted by molar-refractivity contribution is 5.98. The van der Waals surface area contributed by atoms with Gasteiger partial charge in [0.15, 0.2) is 0 Å². The summed E-state index contributed by atoms with van der Waals surface area (Å²) < 4.78 is 1.93. The van der Waals surface area contributed by atoms with E-state index >= 15 is 0 Å². The van der Waals surface area contributed by atoms with Crippen molar-refractivity contribution in [1.82, 2.24) is 9.47 Å². The summed E-state index contributed by atoms with van der Waals surface area (Å²) >= 11 is 0. The van der Waals surface area contributed by atoms with E-state index in [1.165, 1.54) is 0 Å². The van der Waals surface area contributed by atoms with Gasteiger partial charge < -0.3 is 15.2 Å². The normalized spacial score (nSPS) is 16.1. The van der Waals surface area contributed by atoms with Crippen molar-refractivity contribution in [3.05, 3.63) is 17.8 Å². The second-order valence-corrected chi connectivity index (χ2v) is 4.61. The lowest BCUT2D eigenvalue weighted by Crippen LogP contribution is -2.28. The van der Waals surface area contributed by atoms with Gasteiger partial charge in [-0.25, -0.2) is 0 Å². The van der Waals surface area contributed by atoms with Crippen LogP contribution >= 0.6 is 0 Å². The summed E-state index contributed by atoms with van der Waals surface area (Å²) in [6.07, 6.45) is 4.11. The van der Waals surface area contributed by atoms with Gasteiger partial charge in [0.25, 0.3) is 5.91 Å². The molecule has 88 valence electrons. The number of nitrogen functional groups attached to an aromatic ring is 1. The summed E-state index contributed by atoms with van der Waals surface area (Å²) in [6.45, 7) is 5.84. The zero-order valence-corrected chi connectivity index (χ0v) is 9.94. The zero-order chi connectivity index (χ0) is 11.7. The molecule has 0 radical (unpaired) electrons. The van der Waals surface area contributed by atoms with Crippen LogP contribution in [0.15, 0.2) is 12.3 Å². The van der Waals surface area contributed by atoms with Crippen LogP contribution in [0.5, 0.6) is 0 Å². The number of hydrogen-bond acceptors (Lipinski definition) is 2. The molecular formula is C12H19N3O. The number of rotatable bonds is 2. The molecule has 0 unspecified atom stereocenters. The summed E-state index contributed by atoms with van der Waals surface area (Å²) in [5.74, 6) is 0.668. The molecule has 1 fully saturated rings. The Morgan fingerprint density at radius 1 is 1.38 bits per heavy atom. The van der Waals surface area contributed by atoms with Gasteiger partial charge in [-0.1, -0.05) is 0 Å². The van der Waals surface area contributed by atoms with Crippen molar-refractivity contribution in [2.75, 3.05) is 18.8 Å². The minimum atomic E-state index is 0.0781. The van der Waals surface area contributed by atoms with Gasteiger partial charge in [-0.3, -0.25) is 4.79 Å². The second kappa shape index (κ2) is 4.20. The second-order valence-electron chi connectivity index (χ2n) is 4.61. The largest absolute Gasteiger partial charge is 0.384 e. The van der Waals surface area contributed by atoms with Crippen LogP contribution in [0.1, 0.15) is 43.1 Å². The Morgan fingerprint density at radius 2 is 2.00 bits per heavy atom. The van der Waals surface area contributed by atoms with Gasteiger partial charge in [-0.05, 0) is 32.8 Å². The molecule has 0 saturated carbocycles. The summed E-state index contributed by atoms with van der Waals surface area (Å²) in [7, 11) is 0. The molecule has 1 aromatic heterocycles. The van der Waals surface area contributed by atoms with E-state index in [0.717, 1.165) is 25.9 Å². The molecule has 0 bridgehead atoms. The van der Waals surface area contributed by atoms with Gasteiger partial charge in [0.1, 0.15) is 5.82 Å². The van der Waals surface area contributed by atoms with Crippen LogP contribution in [0, 0.1) is 0 Å². The molecule has 16 heavy (non-hydrogen) atoms. The van der Waals surface area contributed by atoms with Crippen molar-refractivity contribution in [3.63, 3.8) is 0 Å². The van der Waals surface area contributed by atoms with Crippen LogP contribution in [0.4, 0.5) is 5.82 Å². The Hall–Kier alpha value is -1.45. The maximum Gasteiger partial charge on any atom is 0.257 e. The van der Waals surface area contributed by atoms with Crippen LogP contribution < -0.4 is 5.73 Å². The van der Waals surface area contributed by atoms with Crippen molar-refractivity contribution in [3.8, 4) is 0 Å². The van der Waals surface area contributed by atoms with E-state index in [2.05, 4.69) is 13.8 Å². The molecule has 1 aromatic rings. The van der Waals surface area contributed by atoms with E-state index in [1.807, 2.05) is 21.7 Å². The van der Waals surface area contributed by atoms with Crippen molar-refractivity contribution in [1.29, 1.82) is 0 Å². The number of anilines is 1. The van der Waals surface area contributed by atoms with Crippen molar-refractivity contribution in [2.24, 2.45) is 0 Å². The Kier molecular flexibility index (Phi) is 2.90. The van der Waals surface area contributed by atoms with Gasteiger partial charge in [0.2, 0.25) is 0 Å². The van der Waals surface area contributed by atoms with Crippen LogP contribution in [-0.4, -0.2) is 28.5 Å². The van der Waals surface area contributed by atoms with E-state index in [0.29, 0.717) is 17.4 Å². The number of likely N-dealkylation sites (tertiary alicyclic amines) is 1. The lowest BCUT2D eigenvalue weighted by atomic mass is 10.2. The van der Waals surface area contributed by atoms with Crippen LogP contribution in [-0.2, 0) is 0 Å². The fourth-order valence-electron chi connectivity index (χ4n) is 2.18. The lowest BCUT2D eigenvalue weighted by molar-refractivity contribution is 0.0794. The average Bonchev–Trinajstić information content (AvgIpc) is 2.84. The first kappa shape index (κ1) is 11.0. The van der Waals surface area contributed by atoms with Crippen LogP contribution in [0.25, 0.3) is 0 Å². The Labute approximate surface area is 96.0 Å². The van der Waals surface area contributed by atoms with E-state index in [9.17, 15) is 4.79 Å². The topological polar surface area (TPSA) is 51.3 Å². The molecule has 1 amide bonds. The fraction of sp³-hybridized carbons (Fsp3) is 0.583. The average molecular weight is 221 g/mol. The molecule has 4 heteroatoms. The molecule has 0 aromatic carbocycles. The molecule has 2 N–H and O–H groups in total.